The summed E-state index contributed by atoms with van der Waals surface area (Å²) in [6, 6.07) is 16.2. The van der Waals surface area contributed by atoms with Gasteiger partial charge in [-0.2, -0.15) is 0 Å². The van der Waals surface area contributed by atoms with Crippen LogP contribution in [-0.2, 0) is 6.42 Å². The monoisotopic (exact) mass is 499 g/mol. The van der Waals surface area contributed by atoms with E-state index in [-0.39, 0.29) is 17.1 Å². The largest absolute Gasteiger partial charge is 0.497 e. The molecule has 37 heavy (non-hydrogen) atoms. The minimum absolute atomic E-state index is 0.0928. The molecule has 0 spiro atoms. The Labute approximate surface area is 215 Å². The summed E-state index contributed by atoms with van der Waals surface area (Å²) in [4.78, 5) is 29.3. The van der Waals surface area contributed by atoms with E-state index < -0.39 is 6.04 Å². The molecule has 7 nitrogen and oxygen atoms in total. The molecule has 3 aromatic carbocycles. The molecule has 2 heterocycles. The average Bonchev–Trinajstić information content (AvgIpc) is 3.20. The van der Waals surface area contributed by atoms with Gasteiger partial charge in [-0.25, -0.2) is 0 Å². The normalized spacial score (nSPS) is 14.7. The van der Waals surface area contributed by atoms with E-state index in [1.54, 1.807) is 32.3 Å². The molecule has 0 aliphatic carbocycles. The van der Waals surface area contributed by atoms with Crippen LogP contribution in [-0.4, -0.2) is 38.7 Å². The lowest BCUT2D eigenvalue weighted by Gasteiger charge is -2.26. The Bertz CT molecular complexity index is 1550. The fraction of sp³-hybridized carbons (Fsp3) is 0.267. The zero-order chi connectivity index (χ0) is 26.3. The summed E-state index contributed by atoms with van der Waals surface area (Å²) in [5, 5.41) is 0.470. The van der Waals surface area contributed by atoms with Gasteiger partial charge in [-0.05, 0) is 78.9 Å². The van der Waals surface area contributed by atoms with Crippen molar-refractivity contribution in [3.05, 3.63) is 98.4 Å². The summed E-state index contributed by atoms with van der Waals surface area (Å²) in [7, 11) is 4.75. The molecule has 0 N–H and O–H groups in total. The number of hydrogen-bond acceptors (Lipinski definition) is 6. The van der Waals surface area contributed by atoms with E-state index in [2.05, 4.69) is 0 Å². The van der Waals surface area contributed by atoms with Crippen molar-refractivity contribution >= 4 is 16.9 Å². The van der Waals surface area contributed by atoms with Gasteiger partial charge < -0.3 is 23.5 Å². The van der Waals surface area contributed by atoms with Crippen LogP contribution in [0.1, 0.15) is 44.4 Å². The second kappa shape index (κ2) is 9.65. The van der Waals surface area contributed by atoms with E-state index in [9.17, 15) is 9.59 Å². The molecule has 1 aliphatic rings. The topological polar surface area (TPSA) is 78.2 Å². The fourth-order valence-corrected chi connectivity index (χ4v) is 4.92. The first-order chi connectivity index (χ1) is 17.9. The summed E-state index contributed by atoms with van der Waals surface area (Å²) < 4.78 is 22.3. The van der Waals surface area contributed by atoms with Gasteiger partial charge in [-0.15, -0.1) is 0 Å². The van der Waals surface area contributed by atoms with Gasteiger partial charge in [0, 0.05) is 6.54 Å². The molecule has 7 heteroatoms. The minimum atomic E-state index is -0.622. The molecule has 0 radical (unpaired) electrons. The number of amides is 1. The van der Waals surface area contributed by atoms with Crippen LogP contribution in [0, 0.1) is 13.8 Å². The molecule has 1 aliphatic heterocycles. The highest BCUT2D eigenvalue weighted by molar-refractivity contribution is 5.99. The van der Waals surface area contributed by atoms with Gasteiger partial charge in [-0.3, -0.25) is 9.59 Å². The lowest BCUT2D eigenvalue weighted by molar-refractivity contribution is 0.0730. The summed E-state index contributed by atoms with van der Waals surface area (Å²) >= 11 is 0. The number of fused-ring (bicyclic) bond motifs is 2. The third kappa shape index (κ3) is 4.20. The van der Waals surface area contributed by atoms with E-state index in [1.807, 2.05) is 62.4 Å². The van der Waals surface area contributed by atoms with E-state index in [0.717, 1.165) is 28.0 Å². The van der Waals surface area contributed by atoms with E-state index in [0.29, 0.717) is 41.0 Å². The van der Waals surface area contributed by atoms with Crippen molar-refractivity contribution in [1.29, 1.82) is 0 Å². The minimum Gasteiger partial charge on any atom is -0.497 e. The highest BCUT2D eigenvalue weighted by Gasteiger charge is 2.42. The molecular weight excluding hydrogens is 470 g/mol. The fourth-order valence-electron chi connectivity index (χ4n) is 4.92. The van der Waals surface area contributed by atoms with Gasteiger partial charge in [0.1, 0.15) is 11.3 Å². The smallest absolute Gasteiger partial charge is 0.290 e. The van der Waals surface area contributed by atoms with E-state index in [1.165, 1.54) is 0 Å². The van der Waals surface area contributed by atoms with Crippen molar-refractivity contribution < 1.29 is 23.4 Å². The first kappa shape index (κ1) is 24.4. The van der Waals surface area contributed by atoms with Crippen molar-refractivity contribution in [2.45, 2.75) is 26.3 Å². The summed E-state index contributed by atoms with van der Waals surface area (Å²) in [5.74, 6) is 1.64. The Hall–Kier alpha value is -4.26. The zero-order valence-electron chi connectivity index (χ0n) is 21.6. The molecule has 4 aromatic rings. The second-order valence-electron chi connectivity index (χ2n) is 9.22. The molecule has 190 valence electrons. The van der Waals surface area contributed by atoms with Gasteiger partial charge in [0.2, 0.25) is 5.76 Å². The summed E-state index contributed by atoms with van der Waals surface area (Å²) in [6.45, 7) is 4.30. The van der Waals surface area contributed by atoms with Crippen LogP contribution in [0.5, 0.6) is 17.2 Å². The molecule has 5 rings (SSSR count). The van der Waals surface area contributed by atoms with Gasteiger partial charge in [0.25, 0.3) is 5.91 Å². The van der Waals surface area contributed by atoms with Crippen LogP contribution in [0.25, 0.3) is 11.0 Å². The maximum Gasteiger partial charge on any atom is 0.290 e. The quantitative estimate of drug-likeness (QED) is 0.347. The number of aryl methyl sites for hydroxylation is 2. The SMILES string of the molecule is COc1ccc(CCN2C(=O)c3oc4cc(C)c(C)cc4c(=O)c3C2c2ccc(OC)c(OC)c2)cc1. The van der Waals surface area contributed by atoms with Crippen molar-refractivity contribution in [2.75, 3.05) is 27.9 Å². The van der Waals surface area contributed by atoms with Crippen LogP contribution in [0.2, 0.25) is 0 Å². The van der Waals surface area contributed by atoms with Crippen molar-refractivity contribution in [1.82, 2.24) is 4.90 Å². The first-order valence-electron chi connectivity index (χ1n) is 12.1. The molecule has 1 unspecified atom stereocenters. The third-order valence-corrected chi connectivity index (χ3v) is 7.11. The Morgan fingerprint density at radius 2 is 1.54 bits per heavy atom. The van der Waals surface area contributed by atoms with Crippen molar-refractivity contribution in [2.24, 2.45) is 0 Å². The standard InChI is InChI=1S/C30H29NO6/c1-17-14-22-24(15-18(17)2)37-29-26(28(22)32)27(20-8-11-23(35-4)25(16-20)36-5)31(30(29)33)13-12-19-6-9-21(34-3)10-7-19/h6-11,14-16,27H,12-13H2,1-5H3. The molecule has 1 aromatic heterocycles. The van der Waals surface area contributed by atoms with E-state index in [4.69, 9.17) is 18.6 Å². The Morgan fingerprint density at radius 1 is 0.838 bits per heavy atom. The molecule has 0 saturated carbocycles. The average molecular weight is 500 g/mol. The van der Waals surface area contributed by atoms with Crippen LogP contribution < -0.4 is 19.6 Å². The van der Waals surface area contributed by atoms with Crippen molar-refractivity contribution in [3.63, 3.8) is 0 Å². The van der Waals surface area contributed by atoms with Crippen molar-refractivity contribution in [3.8, 4) is 17.2 Å². The molecule has 1 atom stereocenters. The van der Waals surface area contributed by atoms with E-state index >= 15 is 0 Å². The number of rotatable bonds is 7. The number of nitrogens with zero attached hydrogens (tertiary/aromatic N) is 1. The van der Waals surface area contributed by atoms with Gasteiger partial charge in [0.05, 0.1) is 38.3 Å². The number of benzene rings is 3. The number of hydrogen-bond donors (Lipinski definition) is 0. The lowest BCUT2D eigenvalue weighted by Crippen LogP contribution is -2.31. The predicted molar refractivity (Wildman–Crippen MR) is 141 cm³/mol. The number of carbonyl (C=O) groups is 1. The lowest BCUT2D eigenvalue weighted by atomic mass is 9.97. The maximum absolute atomic E-state index is 13.9. The molecular formula is C30H29NO6. The number of carbonyl (C=O) groups excluding carboxylic acids is 1. The summed E-state index contributed by atoms with van der Waals surface area (Å²) in [5.41, 5.74) is 4.35. The van der Waals surface area contributed by atoms with Crippen LogP contribution in [0.3, 0.4) is 0 Å². The Balaban J connectivity index is 1.64. The molecule has 0 bridgehead atoms. The second-order valence-corrected chi connectivity index (χ2v) is 9.22. The number of ether oxygens (including phenoxy) is 3. The molecule has 0 saturated heterocycles. The maximum atomic E-state index is 13.9. The van der Waals surface area contributed by atoms with Crippen LogP contribution in [0.15, 0.2) is 63.8 Å². The van der Waals surface area contributed by atoms with Gasteiger partial charge >= 0.3 is 0 Å². The van der Waals surface area contributed by atoms with Crippen LogP contribution >= 0.6 is 0 Å². The highest BCUT2D eigenvalue weighted by Crippen LogP contribution is 2.41. The van der Waals surface area contributed by atoms with Gasteiger partial charge in [0.15, 0.2) is 16.9 Å². The predicted octanol–water partition coefficient (Wildman–Crippen LogP) is 5.22. The van der Waals surface area contributed by atoms with Gasteiger partial charge in [-0.1, -0.05) is 18.2 Å². The molecule has 0 fully saturated rings. The third-order valence-electron chi connectivity index (χ3n) is 7.11. The highest BCUT2D eigenvalue weighted by atomic mass is 16.5. The summed E-state index contributed by atoms with van der Waals surface area (Å²) in [6.07, 6.45) is 0.597. The number of methoxy groups -OCH3 is 3. The van der Waals surface area contributed by atoms with Crippen LogP contribution in [0.4, 0.5) is 0 Å². The molecule has 1 amide bonds. The first-order valence-corrected chi connectivity index (χ1v) is 12.1. The zero-order valence-corrected chi connectivity index (χ0v) is 21.6. The Kier molecular flexibility index (Phi) is 6.38. The Morgan fingerprint density at radius 3 is 2.22 bits per heavy atom.